The number of phenols is 2. The second-order valence-corrected chi connectivity index (χ2v) is 11.1. The number of methoxy groups -OCH3 is 3. The number of aliphatic hydroxyl groups is 1. The largest absolute Gasteiger partial charge is 0.504 e. The molecule has 4 aromatic carbocycles. The van der Waals surface area contributed by atoms with Gasteiger partial charge in [-0.1, -0.05) is 50.2 Å². The van der Waals surface area contributed by atoms with Crippen molar-refractivity contribution in [3.63, 3.8) is 0 Å². The summed E-state index contributed by atoms with van der Waals surface area (Å²) in [4.78, 5) is 0. The minimum atomic E-state index is -0.753. The highest BCUT2D eigenvalue weighted by molar-refractivity contribution is 5.88. The van der Waals surface area contributed by atoms with E-state index in [1.165, 1.54) is 13.2 Å². The summed E-state index contributed by atoms with van der Waals surface area (Å²) >= 11 is 0. The third-order valence-corrected chi connectivity index (χ3v) is 7.60. The Morgan fingerprint density at radius 2 is 1.61 bits per heavy atom. The maximum Gasteiger partial charge on any atom is 0.203 e. The molecule has 5 rings (SSSR count). The van der Waals surface area contributed by atoms with Gasteiger partial charge in [0.1, 0.15) is 18.5 Å². The predicted molar refractivity (Wildman–Crippen MR) is 180 cm³/mol. The molecular weight excluding hydrogens is 615 g/mol. The molecule has 0 aliphatic carbocycles. The number of rotatable bonds is 11. The zero-order chi connectivity index (χ0) is 32.5. The topological polar surface area (TPSA) is 122 Å². The second kappa shape index (κ2) is 17.1. The molecule has 9 nitrogen and oxygen atoms in total. The first-order valence-electron chi connectivity index (χ1n) is 14.9. The average Bonchev–Trinajstić information content (AvgIpc) is 3.05. The van der Waals surface area contributed by atoms with Crippen molar-refractivity contribution < 1.29 is 38.7 Å². The van der Waals surface area contributed by atoms with E-state index in [0.717, 1.165) is 22.1 Å². The van der Waals surface area contributed by atoms with E-state index in [9.17, 15) is 19.7 Å². The van der Waals surface area contributed by atoms with Crippen molar-refractivity contribution in [2.75, 3.05) is 41.0 Å². The molecule has 11 heteroatoms. The second-order valence-electron chi connectivity index (χ2n) is 11.1. The number of aromatic hydroxyl groups is 2. The van der Waals surface area contributed by atoms with Crippen LogP contribution in [-0.4, -0.2) is 68.5 Å². The highest BCUT2D eigenvalue weighted by Gasteiger charge is 2.27. The van der Waals surface area contributed by atoms with Crippen molar-refractivity contribution in [1.29, 1.82) is 0 Å². The van der Waals surface area contributed by atoms with Gasteiger partial charge in [-0.3, -0.25) is 0 Å². The van der Waals surface area contributed by atoms with Gasteiger partial charge in [0.2, 0.25) is 5.75 Å². The van der Waals surface area contributed by atoms with E-state index in [-0.39, 0.29) is 18.4 Å². The lowest BCUT2D eigenvalue weighted by Crippen LogP contribution is -2.35. The van der Waals surface area contributed by atoms with Gasteiger partial charge in [0.15, 0.2) is 28.8 Å². The zero-order valence-corrected chi connectivity index (χ0v) is 27.6. The number of benzene rings is 4. The summed E-state index contributed by atoms with van der Waals surface area (Å²) in [5, 5.41) is 38.0. The Kier molecular flexibility index (Phi) is 13.6. The molecule has 1 heterocycles. The molecule has 46 heavy (non-hydrogen) atoms. The van der Waals surface area contributed by atoms with Crippen molar-refractivity contribution in [3.05, 3.63) is 83.2 Å². The Labute approximate surface area is 275 Å². The fourth-order valence-corrected chi connectivity index (χ4v) is 5.34. The minimum Gasteiger partial charge on any atom is -0.504 e. The maximum absolute atomic E-state index is 14.3. The smallest absolute Gasteiger partial charge is 0.203 e. The molecule has 2 unspecified atom stereocenters. The number of aliphatic hydroxyl groups excluding tert-OH is 1. The van der Waals surface area contributed by atoms with Crippen molar-refractivity contribution in [3.8, 4) is 34.5 Å². The molecule has 0 amide bonds. The summed E-state index contributed by atoms with van der Waals surface area (Å²) in [7, 11) is 4.63. The molecule has 1 aliphatic heterocycles. The van der Waals surface area contributed by atoms with E-state index in [0.29, 0.717) is 67.0 Å². The molecule has 5 N–H and O–H groups in total. The summed E-state index contributed by atoms with van der Waals surface area (Å²) in [6, 6.07) is 19.3. The van der Waals surface area contributed by atoms with Gasteiger partial charge in [-0.2, -0.15) is 0 Å². The molecule has 0 fully saturated rings. The van der Waals surface area contributed by atoms with E-state index < -0.39 is 23.4 Å². The minimum absolute atomic E-state index is 0. The Bertz CT molecular complexity index is 1560. The standard InChI is InChI=1S/C19H22FNO5.C16H21NO2.ClH/c1-24-15-7-10(8-16(25-2)19(15)26-3)6-13-12-9-14(22)18(23)17(20)11(12)4-5-21-13;1-12(2)17-10-14(18)11-19-16-9-5-7-13-6-3-4-8-15(13)16;/h7-9,13,21-23H,4-6H2,1-3H3;3-9,12,14,17-18H,10-11H2,1-2H3;1H. The SMILES string of the molecule is CC(C)NCC(O)COc1cccc2ccccc12.COc1cc(CC2NCCc3c2cc(O)c(O)c3F)cc(OC)c1OC.Cl. The maximum atomic E-state index is 14.3. The van der Waals surface area contributed by atoms with Crippen LogP contribution in [0.25, 0.3) is 10.8 Å². The molecule has 2 atom stereocenters. The van der Waals surface area contributed by atoms with Crippen molar-refractivity contribution in [2.45, 2.75) is 44.9 Å². The van der Waals surface area contributed by atoms with Crippen molar-refractivity contribution >= 4 is 23.2 Å². The van der Waals surface area contributed by atoms with Crippen LogP contribution in [0.2, 0.25) is 0 Å². The third kappa shape index (κ3) is 8.85. The lowest BCUT2D eigenvalue weighted by Gasteiger charge is -2.28. The van der Waals surface area contributed by atoms with Crippen LogP contribution in [-0.2, 0) is 12.8 Å². The quantitative estimate of drug-likeness (QED) is 0.129. The van der Waals surface area contributed by atoms with E-state index in [1.807, 2.05) is 42.5 Å². The van der Waals surface area contributed by atoms with Gasteiger partial charge >= 0.3 is 0 Å². The highest BCUT2D eigenvalue weighted by atomic mass is 35.5. The van der Waals surface area contributed by atoms with Crippen LogP contribution in [0.4, 0.5) is 4.39 Å². The van der Waals surface area contributed by atoms with Crippen LogP contribution < -0.4 is 29.6 Å². The van der Waals surface area contributed by atoms with Crippen LogP contribution in [0.5, 0.6) is 34.5 Å². The Hall–Kier alpha value is -3.96. The summed E-state index contributed by atoms with van der Waals surface area (Å²) in [5.41, 5.74) is 1.96. The van der Waals surface area contributed by atoms with E-state index in [2.05, 4.69) is 36.6 Å². The van der Waals surface area contributed by atoms with Crippen LogP contribution >= 0.6 is 12.4 Å². The predicted octanol–water partition coefficient (Wildman–Crippen LogP) is 5.69. The normalized spacial score (nSPS) is 14.4. The molecular formula is C35H44ClFN2O7. The van der Waals surface area contributed by atoms with Crippen molar-refractivity contribution in [1.82, 2.24) is 10.6 Å². The highest BCUT2D eigenvalue weighted by Crippen LogP contribution is 2.41. The van der Waals surface area contributed by atoms with Gasteiger partial charge in [0.25, 0.3) is 0 Å². The molecule has 1 aliphatic rings. The number of phenolic OH excluding ortho intramolecular Hbond substituents is 2. The van der Waals surface area contributed by atoms with Gasteiger partial charge in [0, 0.05) is 24.0 Å². The van der Waals surface area contributed by atoms with Crippen LogP contribution in [0.1, 0.15) is 36.6 Å². The number of hydrogen-bond acceptors (Lipinski definition) is 9. The van der Waals surface area contributed by atoms with Crippen molar-refractivity contribution in [2.24, 2.45) is 0 Å². The lowest BCUT2D eigenvalue weighted by atomic mass is 9.89. The first-order chi connectivity index (χ1) is 21.7. The first-order valence-corrected chi connectivity index (χ1v) is 14.9. The molecule has 0 aromatic heterocycles. The lowest BCUT2D eigenvalue weighted by molar-refractivity contribution is 0.105. The molecule has 0 spiro atoms. The number of fused-ring (bicyclic) bond motifs is 2. The molecule has 0 saturated heterocycles. The number of halogens is 2. The van der Waals surface area contributed by atoms with Crippen LogP contribution in [0.3, 0.4) is 0 Å². The number of ether oxygens (including phenoxy) is 4. The van der Waals surface area contributed by atoms with Gasteiger partial charge in [-0.25, -0.2) is 4.39 Å². The van der Waals surface area contributed by atoms with E-state index >= 15 is 0 Å². The summed E-state index contributed by atoms with van der Waals surface area (Å²) in [5.74, 6) is 0.495. The Morgan fingerprint density at radius 3 is 2.26 bits per heavy atom. The average molecular weight is 659 g/mol. The summed E-state index contributed by atoms with van der Waals surface area (Å²) in [6.45, 7) is 5.52. The molecule has 4 aromatic rings. The first kappa shape index (κ1) is 36.5. The fraction of sp³-hybridized carbons (Fsp3) is 0.371. The van der Waals surface area contributed by atoms with Gasteiger partial charge in [0.05, 0.1) is 21.3 Å². The summed E-state index contributed by atoms with van der Waals surface area (Å²) < 4.78 is 36.1. The number of hydrogen-bond donors (Lipinski definition) is 5. The summed E-state index contributed by atoms with van der Waals surface area (Å²) in [6.07, 6.45) is 0.468. The fourth-order valence-electron chi connectivity index (χ4n) is 5.34. The van der Waals surface area contributed by atoms with E-state index in [4.69, 9.17) is 18.9 Å². The van der Waals surface area contributed by atoms with Gasteiger partial charge < -0.3 is 44.9 Å². The zero-order valence-electron chi connectivity index (χ0n) is 26.8. The molecule has 0 bridgehead atoms. The molecule has 250 valence electrons. The van der Waals surface area contributed by atoms with Gasteiger partial charge in [-0.15, -0.1) is 12.4 Å². The monoisotopic (exact) mass is 658 g/mol. The number of nitrogens with one attached hydrogen (secondary N) is 2. The Morgan fingerprint density at radius 1 is 0.935 bits per heavy atom. The third-order valence-electron chi connectivity index (χ3n) is 7.60. The molecule has 0 saturated carbocycles. The van der Waals surface area contributed by atoms with Crippen LogP contribution in [0, 0.1) is 5.82 Å². The van der Waals surface area contributed by atoms with Crippen LogP contribution in [0.15, 0.2) is 60.7 Å². The molecule has 0 radical (unpaired) electrons. The van der Waals surface area contributed by atoms with E-state index in [1.54, 1.807) is 14.2 Å². The Balaban J connectivity index is 0.000000257. The van der Waals surface area contributed by atoms with Gasteiger partial charge in [-0.05, 0) is 65.7 Å².